The van der Waals surface area contributed by atoms with E-state index in [0.29, 0.717) is 35.5 Å². The Labute approximate surface area is 184 Å². The van der Waals surface area contributed by atoms with E-state index in [4.69, 9.17) is 22.1 Å². The van der Waals surface area contributed by atoms with Crippen LogP contribution >= 0.6 is 11.6 Å². The molecule has 3 aromatic carbocycles. The van der Waals surface area contributed by atoms with Crippen LogP contribution in [0.25, 0.3) is 10.8 Å². The zero-order valence-corrected chi connectivity index (χ0v) is 17.7. The number of ether oxygens (including phenoxy) is 1. The fourth-order valence-electron chi connectivity index (χ4n) is 3.47. The van der Waals surface area contributed by atoms with Gasteiger partial charge < -0.3 is 21.1 Å². The molecule has 0 unspecified atom stereocenters. The number of nitrogens with one attached hydrogen (secondary N) is 3. The van der Waals surface area contributed by atoms with Crippen LogP contribution in [0.15, 0.2) is 60.7 Å². The lowest BCUT2D eigenvalue weighted by Crippen LogP contribution is -2.15. The highest BCUT2D eigenvalue weighted by Crippen LogP contribution is 2.31. The Hall–Kier alpha value is -3.71. The first-order valence-corrected chi connectivity index (χ1v) is 10.2. The van der Waals surface area contributed by atoms with E-state index in [0.717, 1.165) is 22.1 Å². The molecule has 0 saturated carbocycles. The maximum absolute atomic E-state index is 12.2. The second-order valence-electron chi connectivity index (χ2n) is 6.87. The molecule has 1 aromatic heterocycles. The lowest BCUT2D eigenvalue weighted by atomic mass is 10.0. The number of rotatable bonds is 8. The summed E-state index contributed by atoms with van der Waals surface area (Å²) in [6.45, 7) is 2.89. The summed E-state index contributed by atoms with van der Waals surface area (Å²) in [6, 6.07) is 19.2. The average molecular weight is 436 g/mol. The zero-order chi connectivity index (χ0) is 21.8. The molecule has 0 spiro atoms. The molecule has 4 aromatic rings. The Bertz CT molecular complexity index is 1240. The summed E-state index contributed by atoms with van der Waals surface area (Å²) in [6.07, 6.45) is 0. The summed E-state index contributed by atoms with van der Waals surface area (Å²) in [5, 5.41) is 16.2. The number of fused-ring (bicyclic) bond motifs is 1. The Morgan fingerprint density at radius 3 is 2.77 bits per heavy atom. The van der Waals surface area contributed by atoms with E-state index in [1.54, 1.807) is 18.2 Å². The van der Waals surface area contributed by atoms with Gasteiger partial charge >= 0.3 is 0 Å². The Morgan fingerprint density at radius 2 is 2.00 bits per heavy atom. The van der Waals surface area contributed by atoms with Crippen LogP contribution in [0.4, 0.5) is 17.3 Å². The van der Waals surface area contributed by atoms with E-state index in [1.807, 2.05) is 49.4 Å². The normalized spacial score (nSPS) is 10.8. The van der Waals surface area contributed by atoms with Gasteiger partial charge in [0.2, 0.25) is 0 Å². The largest absolute Gasteiger partial charge is 0.494 e. The van der Waals surface area contributed by atoms with Crippen LogP contribution in [0.2, 0.25) is 5.02 Å². The third-order valence-electron chi connectivity index (χ3n) is 4.84. The van der Waals surface area contributed by atoms with Crippen LogP contribution in [-0.4, -0.2) is 22.7 Å². The van der Waals surface area contributed by atoms with E-state index >= 15 is 0 Å². The number of benzene rings is 3. The van der Waals surface area contributed by atoms with Gasteiger partial charge in [0.1, 0.15) is 17.1 Å². The molecule has 0 fully saturated rings. The smallest absolute Gasteiger partial charge is 0.256 e. The summed E-state index contributed by atoms with van der Waals surface area (Å²) in [5.74, 6) is 0.915. The molecular weight excluding hydrogens is 414 g/mol. The van der Waals surface area contributed by atoms with E-state index < -0.39 is 5.91 Å². The number of nitrogens with two attached hydrogens (primary N) is 1. The molecule has 0 bridgehead atoms. The number of aromatic nitrogens is 2. The van der Waals surface area contributed by atoms with Gasteiger partial charge in [0, 0.05) is 22.8 Å². The van der Waals surface area contributed by atoms with Crippen molar-refractivity contribution in [2.24, 2.45) is 5.73 Å². The number of aromatic amines is 1. The molecule has 0 aliphatic carbocycles. The van der Waals surface area contributed by atoms with Gasteiger partial charge in [-0.05, 0) is 42.0 Å². The first-order chi connectivity index (χ1) is 15.1. The van der Waals surface area contributed by atoms with Gasteiger partial charge in [-0.2, -0.15) is 5.10 Å². The van der Waals surface area contributed by atoms with Crippen LogP contribution < -0.4 is 21.1 Å². The fourth-order valence-corrected chi connectivity index (χ4v) is 3.66. The number of halogens is 1. The third-order valence-corrected chi connectivity index (χ3v) is 5.07. The van der Waals surface area contributed by atoms with Gasteiger partial charge in [0.05, 0.1) is 6.61 Å². The van der Waals surface area contributed by atoms with Crippen molar-refractivity contribution in [3.63, 3.8) is 0 Å². The quantitative estimate of drug-likeness (QED) is 0.309. The average Bonchev–Trinajstić information content (AvgIpc) is 3.15. The van der Waals surface area contributed by atoms with Gasteiger partial charge in [-0.1, -0.05) is 48.0 Å². The number of anilines is 3. The molecule has 1 amide bonds. The zero-order valence-electron chi connectivity index (χ0n) is 16.9. The predicted molar refractivity (Wildman–Crippen MR) is 124 cm³/mol. The van der Waals surface area contributed by atoms with Crippen LogP contribution in [-0.2, 0) is 6.54 Å². The molecular formula is C23H22ClN5O2. The van der Waals surface area contributed by atoms with Crippen LogP contribution in [0, 0.1) is 0 Å². The van der Waals surface area contributed by atoms with E-state index in [2.05, 4.69) is 20.8 Å². The van der Waals surface area contributed by atoms with Crippen molar-refractivity contribution in [1.29, 1.82) is 0 Å². The fraction of sp³-hybridized carbons (Fsp3) is 0.130. The minimum absolute atomic E-state index is 0.234. The van der Waals surface area contributed by atoms with E-state index in [9.17, 15) is 4.79 Å². The monoisotopic (exact) mass is 435 g/mol. The van der Waals surface area contributed by atoms with Crippen LogP contribution in [0.5, 0.6) is 5.75 Å². The summed E-state index contributed by atoms with van der Waals surface area (Å²) < 4.78 is 5.82. The van der Waals surface area contributed by atoms with Gasteiger partial charge in [0.25, 0.3) is 5.91 Å². The topological polar surface area (TPSA) is 105 Å². The SMILES string of the molecule is CCOc1ccc2ccccc2c1CNc1n[nH]c(Nc2cccc(Cl)c2)c1C(N)=O. The second-order valence-corrected chi connectivity index (χ2v) is 7.31. The van der Waals surface area contributed by atoms with Crippen molar-refractivity contribution in [3.05, 3.63) is 76.8 Å². The molecule has 4 rings (SSSR count). The number of carbonyl (C=O) groups is 1. The number of carbonyl (C=O) groups excluding carboxylic acids is 1. The second kappa shape index (κ2) is 8.97. The van der Waals surface area contributed by atoms with Gasteiger partial charge in [-0.25, -0.2) is 0 Å². The molecule has 158 valence electrons. The van der Waals surface area contributed by atoms with Crippen LogP contribution in [0.3, 0.4) is 0 Å². The molecule has 31 heavy (non-hydrogen) atoms. The predicted octanol–water partition coefficient (Wildman–Crippen LogP) is 5.07. The first-order valence-electron chi connectivity index (χ1n) is 9.85. The molecule has 0 radical (unpaired) electrons. The highest BCUT2D eigenvalue weighted by Gasteiger charge is 2.19. The molecule has 0 saturated heterocycles. The third kappa shape index (κ3) is 4.41. The molecule has 1 heterocycles. The van der Waals surface area contributed by atoms with Crippen molar-refractivity contribution in [2.45, 2.75) is 13.5 Å². The summed E-state index contributed by atoms with van der Waals surface area (Å²) in [4.78, 5) is 12.2. The summed E-state index contributed by atoms with van der Waals surface area (Å²) in [7, 11) is 0. The highest BCUT2D eigenvalue weighted by molar-refractivity contribution is 6.30. The number of H-pyrrole nitrogens is 1. The van der Waals surface area contributed by atoms with Crippen molar-refractivity contribution in [3.8, 4) is 5.75 Å². The summed E-state index contributed by atoms with van der Waals surface area (Å²) in [5.41, 5.74) is 7.57. The van der Waals surface area contributed by atoms with Crippen molar-refractivity contribution >= 4 is 45.6 Å². The molecule has 5 N–H and O–H groups in total. The highest BCUT2D eigenvalue weighted by atomic mass is 35.5. The maximum atomic E-state index is 12.2. The Kier molecular flexibility index (Phi) is 5.95. The van der Waals surface area contributed by atoms with E-state index in [1.165, 1.54) is 0 Å². The van der Waals surface area contributed by atoms with Gasteiger partial charge in [-0.15, -0.1) is 0 Å². The molecule has 8 heteroatoms. The van der Waals surface area contributed by atoms with Gasteiger partial charge in [0.15, 0.2) is 5.82 Å². The minimum atomic E-state index is -0.608. The first kappa shape index (κ1) is 20.6. The Balaban J connectivity index is 1.64. The standard InChI is InChI=1S/C23H22ClN5O2/c1-2-31-19-11-10-14-6-3-4-9-17(14)18(19)13-26-22-20(21(25)30)23(29-28-22)27-16-8-5-7-15(24)12-16/h3-12H,2,13H2,1H3,(H2,25,30)(H3,26,27,28,29). The van der Waals surface area contributed by atoms with Crippen molar-refractivity contribution in [2.75, 3.05) is 17.2 Å². The number of hydrogen-bond donors (Lipinski definition) is 4. The molecule has 0 atom stereocenters. The number of amides is 1. The molecule has 7 nitrogen and oxygen atoms in total. The lowest BCUT2D eigenvalue weighted by molar-refractivity contribution is 0.100. The van der Waals surface area contributed by atoms with Crippen molar-refractivity contribution < 1.29 is 9.53 Å². The van der Waals surface area contributed by atoms with Crippen molar-refractivity contribution in [1.82, 2.24) is 10.2 Å². The van der Waals surface area contributed by atoms with Gasteiger partial charge in [-0.3, -0.25) is 9.89 Å². The number of nitrogens with zero attached hydrogens (tertiary/aromatic N) is 1. The lowest BCUT2D eigenvalue weighted by Gasteiger charge is -2.14. The number of primary amides is 1. The molecule has 0 aliphatic heterocycles. The van der Waals surface area contributed by atoms with Crippen LogP contribution in [0.1, 0.15) is 22.8 Å². The molecule has 0 aliphatic rings. The Morgan fingerprint density at radius 1 is 1.16 bits per heavy atom. The minimum Gasteiger partial charge on any atom is -0.494 e. The summed E-state index contributed by atoms with van der Waals surface area (Å²) >= 11 is 6.04. The number of hydrogen-bond acceptors (Lipinski definition) is 5. The van der Waals surface area contributed by atoms with E-state index in [-0.39, 0.29) is 5.56 Å². The maximum Gasteiger partial charge on any atom is 0.256 e.